The number of hydrogen-bond donors (Lipinski definition) is 1. The van der Waals surface area contributed by atoms with Crippen LogP contribution in [0.15, 0.2) is 24.3 Å². The van der Waals surface area contributed by atoms with Gasteiger partial charge in [-0.05, 0) is 24.5 Å². The van der Waals surface area contributed by atoms with E-state index < -0.39 is 0 Å². The van der Waals surface area contributed by atoms with E-state index in [1.54, 1.807) is 7.11 Å². The van der Waals surface area contributed by atoms with Crippen molar-refractivity contribution < 1.29 is 14.3 Å². The molecule has 0 saturated heterocycles. The molecule has 0 radical (unpaired) electrons. The Balaban J connectivity index is 2.14. The molecule has 18 heavy (non-hydrogen) atoms. The maximum absolute atomic E-state index is 11.4. The number of nitrogens with one attached hydrogen (secondary N) is 1. The van der Waals surface area contributed by atoms with Crippen LogP contribution in [0.4, 0.5) is 0 Å². The average molecular weight is 251 g/mol. The van der Waals surface area contributed by atoms with E-state index in [4.69, 9.17) is 9.47 Å². The molecule has 0 aliphatic carbocycles. The third kappa shape index (κ3) is 5.80. The van der Waals surface area contributed by atoms with E-state index in [1.165, 1.54) is 11.1 Å². The fraction of sp³-hybridized carbons (Fsp3) is 0.500. The first-order valence-electron chi connectivity index (χ1n) is 6.12. The fourth-order valence-electron chi connectivity index (χ4n) is 1.59. The topological polar surface area (TPSA) is 47.6 Å². The van der Waals surface area contributed by atoms with Crippen LogP contribution in [0.2, 0.25) is 0 Å². The molecular formula is C14H21NO3. The Morgan fingerprint density at radius 2 is 2.06 bits per heavy atom. The molecule has 1 N–H and O–H groups in total. The minimum absolute atomic E-state index is 0.0836. The van der Waals surface area contributed by atoms with Crippen molar-refractivity contribution >= 4 is 5.91 Å². The summed E-state index contributed by atoms with van der Waals surface area (Å²) in [5.74, 6) is -0.0836. The van der Waals surface area contributed by atoms with Crippen molar-refractivity contribution in [3.8, 4) is 0 Å². The van der Waals surface area contributed by atoms with Gasteiger partial charge in [-0.25, -0.2) is 0 Å². The second kappa shape index (κ2) is 8.66. The van der Waals surface area contributed by atoms with Crippen LogP contribution in [0.5, 0.6) is 0 Å². The van der Waals surface area contributed by atoms with Crippen LogP contribution >= 0.6 is 0 Å². The third-order valence-electron chi connectivity index (χ3n) is 2.64. The molecule has 0 aromatic heterocycles. The summed E-state index contributed by atoms with van der Waals surface area (Å²) in [6.07, 6.45) is 0.844. The lowest BCUT2D eigenvalue weighted by Crippen LogP contribution is -2.30. The minimum atomic E-state index is -0.0836. The summed E-state index contributed by atoms with van der Waals surface area (Å²) in [5.41, 5.74) is 2.51. The maximum Gasteiger partial charge on any atom is 0.246 e. The molecule has 0 bridgehead atoms. The van der Waals surface area contributed by atoms with Crippen LogP contribution in [-0.4, -0.2) is 39.4 Å². The summed E-state index contributed by atoms with van der Waals surface area (Å²) in [5, 5.41) is 2.83. The molecular weight excluding hydrogens is 230 g/mol. The van der Waals surface area contributed by atoms with Gasteiger partial charge in [0.2, 0.25) is 5.91 Å². The molecule has 0 atom stereocenters. The lowest BCUT2D eigenvalue weighted by molar-refractivity contribution is -0.126. The molecule has 1 amide bonds. The molecule has 0 spiro atoms. The summed E-state index contributed by atoms with van der Waals surface area (Å²) in [6, 6.07) is 8.18. The quantitative estimate of drug-likeness (QED) is 0.709. The van der Waals surface area contributed by atoms with E-state index in [0.29, 0.717) is 19.8 Å². The zero-order chi connectivity index (χ0) is 13.2. The fourth-order valence-corrected chi connectivity index (χ4v) is 1.59. The summed E-state index contributed by atoms with van der Waals surface area (Å²) < 4.78 is 9.94. The number of amides is 1. The molecule has 1 rings (SSSR count). The zero-order valence-electron chi connectivity index (χ0n) is 11.1. The predicted octanol–water partition coefficient (Wildman–Crippen LogP) is 1.32. The number of hydrogen-bond acceptors (Lipinski definition) is 3. The molecule has 0 fully saturated rings. The number of carbonyl (C=O) groups excluding carboxylic acids is 1. The molecule has 0 aliphatic rings. The van der Waals surface area contributed by atoms with Gasteiger partial charge in [0.1, 0.15) is 6.61 Å². The Morgan fingerprint density at radius 1 is 1.28 bits per heavy atom. The second-order valence-electron chi connectivity index (χ2n) is 4.07. The lowest BCUT2D eigenvalue weighted by Gasteiger charge is -2.07. The van der Waals surface area contributed by atoms with E-state index in [9.17, 15) is 4.79 Å². The van der Waals surface area contributed by atoms with Crippen LogP contribution in [0, 0.1) is 6.92 Å². The monoisotopic (exact) mass is 251 g/mol. The van der Waals surface area contributed by atoms with Crippen LogP contribution in [-0.2, 0) is 20.7 Å². The first kappa shape index (κ1) is 14.7. The Bertz CT molecular complexity index is 366. The summed E-state index contributed by atoms with van der Waals surface area (Å²) in [7, 11) is 1.60. The third-order valence-corrected chi connectivity index (χ3v) is 2.64. The SMILES string of the molecule is COCCOCC(=O)NCCc1ccccc1C. The van der Waals surface area contributed by atoms with Crippen molar-refractivity contribution in [2.24, 2.45) is 0 Å². The van der Waals surface area contributed by atoms with Gasteiger partial charge in [0.15, 0.2) is 0 Å². The molecule has 100 valence electrons. The highest BCUT2D eigenvalue weighted by Crippen LogP contribution is 2.06. The molecule has 1 aromatic carbocycles. The van der Waals surface area contributed by atoms with Gasteiger partial charge in [-0.3, -0.25) is 4.79 Å². The molecule has 0 saturated carbocycles. The van der Waals surface area contributed by atoms with Gasteiger partial charge in [-0.1, -0.05) is 24.3 Å². The van der Waals surface area contributed by atoms with Crippen molar-refractivity contribution in [3.05, 3.63) is 35.4 Å². The molecule has 4 nitrogen and oxygen atoms in total. The van der Waals surface area contributed by atoms with Crippen LogP contribution in [0.25, 0.3) is 0 Å². The van der Waals surface area contributed by atoms with Crippen molar-refractivity contribution in [2.75, 3.05) is 33.5 Å². The normalized spacial score (nSPS) is 10.3. The Labute approximate surface area is 108 Å². The number of ether oxygens (including phenoxy) is 2. The van der Waals surface area contributed by atoms with Crippen molar-refractivity contribution in [1.82, 2.24) is 5.32 Å². The predicted molar refractivity (Wildman–Crippen MR) is 70.6 cm³/mol. The van der Waals surface area contributed by atoms with E-state index in [2.05, 4.69) is 24.4 Å². The van der Waals surface area contributed by atoms with Crippen LogP contribution < -0.4 is 5.32 Å². The highest BCUT2D eigenvalue weighted by atomic mass is 16.5. The molecule has 0 aliphatic heterocycles. The van der Waals surface area contributed by atoms with Gasteiger partial charge >= 0.3 is 0 Å². The van der Waals surface area contributed by atoms with Crippen molar-refractivity contribution in [3.63, 3.8) is 0 Å². The summed E-state index contributed by atoms with van der Waals surface area (Å²) >= 11 is 0. The molecule has 0 unspecified atom stereocenters. The Morgan fingerprint density at radius 3 is 2.78 bits per heavy atom. The Hall–Kier alpha value is -1.39. The maximum atomic E-state index is 11.4. The average Bonchev–Trinajstić information content (AvgIpc) is 2.37. The first-order chi connectivity index (χ1) is 8.74. The van der Waals surface area contributed by atoms with Crippen LogP contribution in [0.1, 0.15) is 11.1 Å². The van der Waals surface area contributed by atoms with Gasteiger partial charge in [0, 0.05) is 13.7 Å². The van der Waals surface area contributed by atoms with Crippen molar-refractivity contribution in [1.29, 1.82) is 0 Å². The second-order valence-corrected chi connectivity index (χ2v) is 4.07. The smallest absolute Gasteiger partial charge is 0.246 e. The van der Waals surface area contributed by atoms with Gasteiger partial charge in [-0.15, -0.1) is 0 Å². The highest BCUT2D eigenvalue weighted by Gasteiger charge is 2.01. The van der Waals surface area contributed by atoms with Gasteiger partial charge in [0.05, 0.1) is 13.2 Å². The number of benzene rings is 1. The van der Waals surface area contributed by atoms with Crippen LogP contribution in [0.3, 0.4) is 0 Å². The first-order valence-corrected chi connectivity index (χ1v) is 6.12. The minimum Gasteiger partial charge on any atom is -0.382 e. The van der Waals surface area contributed by atoms with Gasteiger partial charge in [0.25, 0.3) is 0 Å². The van der Waals surface area contributed by atoms with E-state index in [0.717, 1.165) is 6.42 Å². The van der Waals surface area contributed by atoms with E-state index in [1.807, 2.05) is 12.1 Å². The standard InChI is InChI=1S/C14H21NO3/c1-12-5-3-4-6-13(12)7-8-15-14(16)11-18-10-9-17-2/h3-6H,7-11H2,1-2H3,(H,15,16). The number of rotatable bonds is 8. The number of methoxy groups -OCH3 is 1. The lowest BCUT2D eigenvalue weighted by atomic mass is 10.1. The summed E-state index contributed by atoms with van der Waals surface area (Å²) in [6.45, 7) is 3.76. The largest absolute Gasteiger partial charge is 0.382 e. The number of carbonyl (C=O) groups is 1. The van der Waals surface area contributed by atoms with Gasteiger partial charge in [-0.2, -0.15) is 0 Å². The zero-order valence-corrected chi connectivity index (χ0v) is 11.1. The molecule has 1 aromatic rings. The van der Waals surface area contributed by atoms with E-state index in [-0.39, 0.29) is 12.5 Å². The number of aryl methyl sites for hydroxylation is 1. The van der Waals surface area contributed by atoms with Crippen molar-refractivity contribution in [2.45, 2.75) is 13.3 Å². The Kier molecular flexibility index (Phi) is 7.06. The molecule has 4 heteroatoms. The highest BCUT2D eigenvalue weighted by molar-refractivity contribution is 5.77. The van der Waals surface area contributed by atoms with Gasteiger partial charge < -0.3 is 14.8 Å². The molecule has 0 heterocycles. The van der Waals surface area contributed by atoms with E-state index >= 15 is 0 Å². The summed E-state index contributed by atoms with van der Waals surface area (Å²) in [4.78, 5) is 11.4.